The molecule has 1 heterocycles. The second kappa shape index (κ2) is 5.27. The Hall–Kier alpha value is -0.130. The zero-order valence-electron chi connectivity index (χ0n) is 9.09. The van der Waals surface area contributed by atoms with E-state index in [0.717, 1.165) is 19.6 Å². The third-order valence-electron chi connectivity index (χ3n) is 2.88. The van der Waals surface area contributed by atoms with Gasteiger partial charge in [0, 0.05) is 36.3 Å². The summed E-state index contributed by atoms with van der Waals surface area (Å²) in [5.74, 6) is 0. The van der Waals surface area contributed by atoms with Gasteiger partial charge < -0.3 is 5.32 Å². The summed E-state index contributed by atoms with van der Waals surface area (Å²) in [4.78, 5) is 2.52. The van der Waals surface area contributed by atoms with Crippen molar-refractivity contribution in [1.29, 1.82) is 0 Å². The van der Waals surface area contributed by atoms with Gasteiger partial charge in [-0.05, 0) is 40.6 Å². The molecular weight excluding hydrogens is 299 g/mol. The number of benzene rings is 1. The lowest BCUT2D eigenvalue weighted by Crippen LogP contribution is -2.43. The van der Waals surface area contributed by atoms with Gasteiger partial charge in [-0.2, -0.15) is 0 Å². The third kappa shape index (κ3) is 2.92. The average molecular weight is 316 g/mol. The van der Waals surface area contributed by atoms with Crippen LogP contribution in [-0.2, 0) is 6.54 Å². The number of hydrogen-bond donors (Lipinski definition) is 1. The Balaban J connectivity index is 2.06. The lowest BCUT2D eigenvalue weighted by atomic mass is 10.1. The second-order valence-electron chi connectivity index (χ2n) is 4.07. The maximum absolute atomic E-state index is 3.38. The number of aryl methyl sites for hydroxylation is 1. The molecule has 0 atom stereocenters. The van der Waals surface area contributed by atoms with Crippen LogP contribution in [0.5, 0.6) is 0 Å². The normalized spacial score (nSPS) is 18.0. The number of hydrogen-bond acceptors (Lipinski definition) is 2. The maximum Gasteiger partial charge on any atom is 0.0245 e. The molecule has 0 unspecified atom stereocenters. The van der Waals surface area contributed by atoms with E-state index >= 15 is 0 Å². The zero-order chi connectivity index (χ0) is 10.7. The van der Waals surface area contributed by atoms with Gasteiger partial charge in [-0.1, -0.05) is 18.2 Å². The van der Waals surface area contributed by atoms with Crippen LogP contribution in [0.1, 0.15) is 11.1 Å². The van der Waals surface area contributed by atoms with Crippen LogP contribution in [0.15, 0.2) is 18.2 Å². The van der Waals surface area contributed by atoms with E-state index in [1.165, 1.54) is 27.8 Å². The van der Waals surface area contributed by atoms with Crippen molar-refractivity contribution in [2.45, 2.75) is 13.5 Å². The fourth-order valence-corrected chi connectivity index (χ4v) is 2.47. The summed E-state index contributed by atoms with van der Waals surface area (Å²) in [6.45, 7) is 7.88. The molecule has 0 amide bonds. The zero-order valence-corrected chi connectivity index (χ0v) is 11.3. The van der Waals surface area contributed by atoms with Gasteiger partial charge in [-0.25, -0.2) is 0 Å². The van der Waals surface area contributed by atoms with E-state index in [1.807, 2.05) is 0 Å². The first-order valence-electron chi connectivity index (χ1n) is 5.44. The highest BCUT2D eigenvalue weighted by Crippen LogP contribution is 2.18. The largest absolute Gasteiger partial charge is 0.314 e. The highest BCUT2D eigenvalue weighted by Gasteiger charge is 2.11. The molecule has 0 bridgehead atoms. The topological polar surface area (TPSA) is 15.3 Å². The van der Waals surface area contributed by atoms with Gasteiger partial charge >= 0.3 is 0 Å². The molecule has 3 heteroatoms. The van der Waals surface area contributed by atoms with Crippen LogP contribution in [0, 0.1) is 10.5 Å². The van der Waals surface area contributed by atoms with Crippen molar-refractivity contribution in [3.05, 3.63) is 32.9 Å². The number of piperazine rings is 1. The first-order chi connectivity index (χ1) is 7.27. The Bertz CT molecular complexity index is 332. The SMILES string of the molecule is Cc1cccc(CN2CCNCC2)c1I. The Morgan fingerprint density at radius 1 is 1.33 bits per heavy atom. The molecule has 1 aromatic carbocycles. The monoisotopic (exact) mass is 316 g/mol. The highest BCUT2D eigenvalue weighted by molar-refractivity contribution is 14.1. The molecule has 1 aliphatic heterocycles. The van der Waals surface area contributed by atoms with Crippen LogP contribution in [0.2, 0.25) is 0 Å². The average Bonchev–Trinajstić information content (AvgIpc) is 2.26. The lowest BCUT2D eigenvalue weighted by molar-refractivity contribution is 0.233. The van der Waals surface area contributed by atoms with Gasteiger partial charge in [0.15, 0.2) is 0 Å². The fraction of sp³-hybridized carbons (Fsp3) is 0.500. The molecule has 2 rings (SSSR count). The van der Waals surface area contributed by atoms with Crippen molar-refractivity contribution in [2.24, 2.45) is 0 Å². The minimum atomic E-state index is 1.10. The lowest BCUT2D eigenvalue weighted by Gasteiger charge is -2.27. The molecule has 1 N–H and O–H groups in total. The Kier molecular flexibility index (Phi) is 3.99. The summed E-state index contributed by atoms with van der Waals surface area (Å²) in [6.07, 6.45) is 0. The molecule has 1 aromatic rings. The first kappa shape index (κ1) is 11.4. The molecule has 0 aliphatic carbocycles. The maximum atomic E-state index is 3.38. The minimum absolute atomic E-state index is 1.10. The Morgan fingerprint density at radius 3 is 2.80 bits per heavy atom. The van der Waals surface area contributed by atoms with E-state index < -0.39 is 0 Å². The van der Waals surface area contributed by atoms with Crippen molar-refractivity contribution in [3.8, 4) is 0 Å². The quantitative estimate of drug-likeness (QED) is 0.840. The second-order valence-corrected chi connectivity index (χ2v) is 5.15. The summed E-state index contributed by atoms with van der Waals surface area (Å²) < 4.78 is 1.42. The van der Waals surface area contributed by atoms with Crippen LogP contribution in [-0.4, -0.2) is 31.1 Å². The first-order valence-corrected chi connectivity index (χ1v) is 6.52. The van der Waals surface area contributed by atoms with E-state index in [2.05, 4.69) is 57.9 Å². The van der Waals surface area contributed by atoms with Gasteiger partial charge in [-0.3, -0.25) is 4.90 Å². The summed E-state index contributed by atoms with van der Waals surface area (Å²) in [5.41, 5.74) is 2.86. The smallest absolute Gasteiger partial charge is 0.0245 e. The summed E-state index contributed by atoms with van der Waals surface area (Å²) in [7, 11) is 0. The van der Waals surface area contributed by atoms with E-state index in [-0.39, 0.29) is 0 Å². The molecular formula is C12H17IN2. The molecule has 1 fully saturated rings. The van der Waals surface area contributed by atoms with Gasteiger partial charge in [0.05, 0.1) is 0 Å². The molecule has 0 aromatic heterocycles. The number of rotatable bonds is 2. The standard InChI is InChI=1S/C12H17IN2/c1-10-3-2-4-11(12(10)13)9-15-7-5-14-6-8-15/h2-4,14H,5-9H2,1H3. The van der Waals surface area contributed by atoms with Crippen LogP contribution >= 0.6 is 22.6 Å². The van der Waals surface area contributed by atoms with Gasteiger partial charge in [0.25, 0.3) is 0 Å². The number of halogens is 1. The van der Waals surface area contributed by atoms with E-state index in [9.17, 15) is 0 Å². The molecule has 0 saturated carbocycles. The van der Waals surface area contributed by atoms with Crippen LogP contribution < -0.4 is 5.32 Å². The number of nitrogens with one attached hydrogen (secondary N) is 1. The molecule has 0 radical (unpaired) electrons. The van der Waals surface area contributed by atoms with E-state index in [1.54, 1.807) is 0 Å². The Labute approximate surface area is 105 Å². The molecule has 0 spiro atoms. The van der Waals surface area contributed by atoms with Crippen molar-refractivity contribution in [1.82, 2.24) is 10.2 Å². The number of nitrogens with zero attached hydrogens (tertiary/aromatic N) is 1. The molecule has 15 heavy (non-hydrogen) atoms. The molecule has 1 aliphatic rings. The molecule has 1 saturated heterocycles. The predicted molar refractivity (Wildman–Crippen MR) is 72.0 cm³/mol. The predicted octanol–water partition coefficient (Wildman–Crippen LogP) is 2.00. The summed E-state index contributed by atoms with van der Waals surface area (Å²) in [6, 6.07) is 6.59. The van der Waals surface area contributed by atoms with Gasteiger partial charge in [-0.15, -0.1) is 0 Å². The molecule has 2 nitrogen and oxygen atoms in total. The summed E-state index contributed by atoms with van der Waals surface area (Å²) in [5, 5.41) is 3.38. The minimum Gasteiger partial charge on any atom is -0.314 e. The van der Waals surface area contributed by atoms with Crippen LogP contribution in [0.4, 0.5) is 0 Å². The van der Waals surface area contributed by atoms with Crippen molar-refractivity contribution in [2.75, 3.05) is 26.2 Å². The van der Waals surface area contributed by atoms with Gasteiger partial charge in [0.2, 0.25) is 0 Å². The van der Waals surface area contributed by atoms with Crippen LogP contribution in [0.25, 0.3) is 0 Å². The Morgan fingerprint density at radius 2 is 2.07 bits per heavy atom. The molecule has 82 valence electrons. The van der Waals surface area contributed by atoms with Crippen molar-refractivity contribution < 1.29 is 0 Å². The van der Waals surface area contributed by atoms with Gasteiger partial charge in [0.1, 0.15) is 0 Å². The highest BCUT2D eigenvalue weighted by atomic mass is 127. The third-order valence-corrected chi connectivity index (χ3v) is 4.42. The van der Waals surface area contributed by atoms with E-state index in [0.29, 0.717) is 0 Å². The summed E-state index contributed by atoms with van der Waals surface area (Å²) >= 11 is 2.46. The van der Waals surface area contributed by atoms with Crippen molar-refractivity contribution in [3.63, 3.8) is 0 Å². The van der Waals surface area contributed by atoms with E-state index in [4.69, 9.17) is 0 Å². The van der Waals surface area contributed by atoms with Crippen molar-refractivity contribution >= 4 is 22.6 Å². The fourth-order valence-electron chi connectivity index (χ4n) is 1.94. The van der Waals surface area contributed by atoms with Crippen LogP contribution in [0.3, 0.4) is 0 Å².